The molecule has 2 N–H and O–H groups in total. The minimum absolute atomic E-state index is 0.0713. The number of amides is 2. The van der Waals surface area contributed by atoms with Crippen LogP contribution in [0.1, 0.15) is 104 Å². The van der Waals surface area contributed by atoms with Gasteiger partial charge in [0.1, 0.15) is 6.04 Å². The molecule has 224 valence electrons. The van der Waals surface area contributed by atoms with Crippen molar-refractivity contribution >= 4 is 23.4 Å². The lowest BCUT2D eigenvalue weighted by Crippen LogP contribution is -2.44. The van der Waals surface area contributed by atoms with Crippen molar-refractivity contribution in [1.29, 1.82) is 0 Å². The van der Waals surface area contributed by atoms with Crippen molar-refractivity contribution in [2.45, 2.75) is 77.2 Å². The van der Waals surface area contributed by atoms with Gasteiger partial charge in [0.05, 0.1) is 7.11 Å². The molecule has 2 aliphatic carbocycles. The summed E-state index contributed by atoms with van der Waals surface area (Å²) in [5.41, 5.74) is 6.24. The van der Waals surface area contributed by atoms with E-state index in [9.17, 15) is 14.4 Å². The Morgan fingerprint density at radius 1 is 0.953 bits per heavy atom. The first-order chi connectivity index (χ1) is 20.8. The van der Waals surface area contributed by atoms with E-state index in [1.54, 1.807) is 6.92 Å². The third-order valence-corrected chi connectivity index (χ3v) is 7.85. The molecule has 0 bridgehead atoms. The van der Waals surface area contributed by atoms with Crippen LogP contribution in [0.3, 0.4) is 0 Å². The van der Waals surface area contributed by atoms with Gasteiger partial charge in [-0.25, -0.2) is 4.98 Å². The molecule has 5 rings (SSSR count). The number of hydrogen-bond acceptors (Lipinski definition) is 6. The molecule has 8 heteroatoms. The molecule has 43 heavy (non-hydrogen) atoms. The fourth-order valence-electron chi connectivity index (χ4n) is 5.24. The lowest BCUT2D eigenvalue weighted by molar-refractivity contribution is -0.134. The smallest absolute Gasteiger partial charge is 0.311 e. The van der Waals surface area contributed by atoms with E-state index >= 15 is 0 Å². The maximum Gasteiger partial charge on any atom is 0.311 e. The second kappa shape index (κ2) is 13.2. The van der Waals surface area contributed by atoms with E-state index in [0.29, 0.717) is 24.0 Å². The number of nitrogens with zero attached hydrogens (tertiary/aromatic N) is 1. The molecular formula is C35H39N3O5. The van der Waals surface area contributed by atoms with E-state index in [1.807, 2.05) is 13.8 Å². The van der Waals surface area contributed by atoms with Crippen LogP contribution >= 0.6 is 0 Å². The van der Waals surface area contributed by atoms with Crippen molar-refractivity contribution in [3.8, 4) is 11.5 Å². The zero-order valence-corrected chi connectivity index (χ0v) is 25.2. The number of carbonyl (C=O) groups is 3. The van der Waals surface area contributed by atoms with Gasteiger partial charge in [-0.1, -0.05) is 55.5 Å². The van der Waals surface area contributed by atoms with Crippen LogP contribution in [-0.2, 0) is 9.59 Å². The average molecular weight is 582 g/mol. The van der Waals surface area contributed by atoms with Crippen LogP contribution in [0.2, 0.25) is 0 Å². The van der Waals surface area contributed by atoms with Crippen LogP contribution in [0.4, 0.5) is 0 Å². The van der Waals surface area contributed by atoms with Gasteiger partial charge >= 0.3 is 5.97 Å². The number of nitrogens with one attached hydrogen (secondary N) is 2. The van der Waals surface area contributed by atoms with Crippen molar-refractivity contribution in [3.05, 3.63) is 94.4 Å². The number of methoxy groups -OCH3 is 1. The molecule has 2 fully saturated rings. The topological polar surface area (TPSA) is 107 Å². The summed E-state index contributed by atoms with van der Waals surface area (Å²) in [6.07, 6.45) is 6.97. The predicted octanol–water partition coefficient (Wildman–Crippen LogP) is 6.26. The molecule has 2 amide bonds. The van der Waals surface area contributed by atoms with E-state index < -0.39 is 17.9 Å². The zero-order valence-electron chi connectivity index (χ0n) is 25.2. The van der Waals surface area contributed by atoms with Gasteiger partial charge in [0.2, 0.25) is 11.7 Å². The number of rotatable bonds is 12. The number of esters is 1. The highest BCUT2D eigenvalue weighted by molar-refractivity contribution is 5.99. The number of allylic oxidation sites excluding steroid dienone is 1. The third-order valence-electron chi connectivity index (χ3n) is 7.85. The number of ether oxygens (including phenoxy) is 2. The lowest BCUT2D eigenvalue weighted by atomic mass is 9.92. The third kappa shape index (κ3) is 7.31. The van der Waals surface area contributed by atoms with E-state index in [-0.39, 0.29) is 29.5 Å². The van der Waals surface area contributed by atoms with E-state index in [1.165, 1.54) is 56.2 Å². The van der Waals surface area contributed by atoms with Crippen molar-refractivity contribution < 1.29 is 23.9 Å². The van der Waals surface area contributed by atoms with E-state index in [4.69, 9.17) is 9.47 Å². The summed E-state index contributed by atoms with van der Waals surface area (Å²) in [5.74, 6) is -0.214. The minimum atomic E-state index is -0.911. The molecular weight excluding hydrogens is 542 g/mol. The first-order valence-electron chi connectivity index (χ1n) is 15.1. The van der Waals surface area contributed by atoms with Gasteiger partial charge in [-0.3, -0.25) is 14.4 Å². The SMILES string of the molecule is CCCC(=O)Oc1c(OC)ccnc1C(=O)N[C@@H](C)C(=O)NC(C)=C(c1cccc(C2CC2)c1)c1cccc(C2CC2)c1. The van der Waals surface area contributed by atoms with Crippen molar-refractivity contribution in [3.63, 3.8) is 0 Å². The Labute approximate surface area is 252 Å². The van der Waals surface area contributed by atoms with Gasteiger partial charge in [-0.2, -0.15) is 0 Å². The van der Waals surface area contributed by atoms with Crippen molar-refractivity contribution in [2.75, 3.05) is 7.11 Å². The second-order valence-corrected chi connectivity index (χ2v) is 11.4. The highest BCUT2D eigenvalue weighted by Crippen LogP contribution is 2.43. The Kier molecular flexibility index (Phi) is 9.24. The molecule has 0 radical (unpaired) electrons. The average Bonchev–Trinajstić information content (AvgIpc) is 3.91. The summed E-state index contributed by atoms with van der Waals surface area (Å²) < 4.78 is 10.7. The lowest BCUT2D eigenvalue weighted by Gasteiger charge is -2.19. The number of pyridine rings is 1. The number of hydrogen-bond donors (Lipinski definition) is 2. The summed E-state index contributed by atoms with van der Waals surface area (Å²) in [7, 11) is 1.41. The molecule has 0 saturated heterocycles. The summed E-state index contributed by atoms with van der Waals surface area (Å²) in [6.45, 7) is 5.35. The van der Waals surface area contributed by atoms with Crippen LogP contribution in [0.5, 0.6) is 11.5 Å². The number of aromatic nitrogens is 1. The molecule has 8 nitrogen and oxygen atoms in total. The number of benzene rings is 2. The van der Waals surface area contributed by atoms with Gasteiger partial charge < -0.3 is 20.1 Å². The van der Waals surface area contributed by atoms with Gasteiger partial charge in [-0.15, -0.1) is 0 Å². The van der Waals surface area contributed by atoms with Crippen molar-refractivity contribution in [2.24, 2.45) is 0 Å². The quantitative estimate of drug-likeness (QED) is 0.245. The first kappa shape index (κ1) is 30.0. The largest absolute Gasteiger partial charge is 0.493 e. The van der Waals surface area contributed by atoms with Gasteiger partial charge in [0.15, 0.2) is 11.4 Å². The monoisotopic (exact) mass is 581 g/mol. The van der Waals surface area contributed by atoms with E-state index in [0.717, 1.165) is 16.7 Å². The van der Waals surface area contributed by atoms with E-state index in [2.05, 4.69) is 64.1 Å². The Morgan fingerprint density at radius 2 is 1.56 bits per heavy atom. The Hall–Kier alpha value is -4.46. The Balaban J connectivity index is 1.39. The molecule has 3 aromatic rings. The Bertz CT molecular complexity index is 1500. The first-order valence-corrected chi connectivity index (χ1v) is 15.1. The normalized spacial score (nSPS) is 14.8. The van der Waals surface area contributed by atoms with Gasteiger partial charge in [-0.05, 0) is 80.0 Å². The van der Waals surface area contributed by atoms with Crippen LogP contribution in [0, 0.1) is 0 Å². The highest BCUT2D eigenvalue weighted by Gasteiger charge is 2.27. The van der Waals surface area contributed by atoms with Gasteiger partial charge in [0, 0.05) is 30.0 Å². The molecule has 2 aliphatic rings. The predicted molar refractivity (Wildman–Crippen MR) is 165 cm³/mol. The summed E-state index contributed by atoms with van der Waals surface area (Å²) in [5, 5.41) is 5.74. The minimum Gasteiger partial charge on any atom is -0.493 e. The summed E-state index contributed by atoms with van der Waals surface area (Å²) in [6, 6.07) is 17.7. The molecule has 0 aliphatic heterocycles. The van der Waals surface area contributed by atoms with Gasteiger partial charge in [0.25, 0.3) is 5.91 Å². The van der Waals surface area contributed by atoms with Crippen LogP contribution in [0.15, 0.2) is 66.5 Å². The summed E-state index contributed by atoms with van der Waals surface area (Å²) in [4.78, 5) is 43.0. The fourth-order valence-corrected chi connectivity index (χ4v) is 5.24. The second-order valence-electron chi connectivity index (χ2n) is 11.4. The number of carbonyl (C=O) groups excluding carboxylic acids is 3. The molecule has 0 unspecified atom stereocenters. The molecule has 1 atom stereocenters. The summed E-state index contributed by atoms with van der Waals surface area (Å²) >= 11 is 0. The van der Waals surface area contributed by atoms with Crippen molar-refractivity contribution in [1.82, 2.24) is 15.6 Å². The van der Waals surface area contributed by atoms with Crippen LogP contribution < -0.4 is 20.1 Å². The molecule has 1 heterocycles. The maximum absolute atomic E-state index is 13.4. The fraction of sp³-hybridized carbons (Fsp3) is 0.371. The Morgan fingerprint density at radius 3 is 2.09 bits per heavy atom. The molecule has 2 saturated carbocycles. The zero-order chi connectivity index (χ0) is 30.5. The van der Waals surface area contributed by atoms with Crippen LogP contribution in [-0.4, -0.2) is 35.9 Å². The highest BCUT2D eigenvalue weighted by atomic mass is 16.6. The molecule has 2 aromatic carbocycles. The molecule has 1 aromatic heterocycles. The van der Waals surface area contributed by atoms with Crippen LogP contribution in [0.25, 0.3) is 5.57 Å². The molecule has 0 spiro atoms. The standard InChI is InChI=1S/C35H39N3O5/c1-5-8-30(39)43-33-29(42-4)17-18-36-32(33)35(41)38-22(3)34(40)37-21(2)31(27-11-6-9-25(19-27)23-13-14-23)28-12-7-10-26(20-28)24-15-16-24/h6-7,9-12,17-20,22-24H,5,8,13-16H2,1-4H3,(H,37,40)(H,38,41)/t22-/m0/s1. The maximum atomic E-state index is 13.4.